The van der Waals surface area contributed by atoms with Gasteiger partial charge in [0.25, 0.3) is 0 Å². The van der Waals surface area contributed by atoms with Crippen LogP contribution in [0.5, 0.6) is 0 Å². The fourth-order valence-electron chi connectivity index (χ4n) is 6.79. The molecular weight excluding hydrogens is 583 g/mol. The maximum Gasteiger partial charge on any atom is 0.0702 e. The highest BCUT2D eigenvalue weighted by Gasteiger charge is 2.16. The molecule has 9 aromatic rings. The van der Waals surface area contributed by atoms with E-state index in [1.54, 1.807) is 0 Å². The first-order valence-electron chi connectivity index (χ1n) is 17.0. The van der Waals surface area contributed by atoms with Crippen molar-refractivity contribution in [1.82, 2.24) is 14.1 Å². The molecule has 0 bridgehead atoms. The topological polar surface area (TPSA) is 22.8 Å². The summed E-state index contributed by atoms with van der Waals surface area (Å²) in [5.41, 5.74) is 11.6. The van der Waals surface area contributed by atoms with Crippen molar-refractivity contribution < 1.29 is 0 Å². The standard InChI is InChI=1S/C41H27N3.2C2H6/c1-4-19-38-33(15-1)34-16-2-5-20-39(34)43(38)31-13-10-14-32(27-31)44-40-21-6-3-17-35(40)36-26-29(22-23-41(36)44)28-11-9-12-30(25-28)37-18-7-8-24-42-37;2*1-2/h1-27H;2*1-2H3. The van der Waals surface area contributed by atoms with Gasteiger partial charge in [-0.05, 0) is 77.9 Å². The molecule has 3 nitrogen and oxygen atoms in total. The summed E-state index contributed by atoms with van der Waals surface area (Å²) in [6, 6.07) is 56.5. The van der Waals surface area contributed by atoms with Gasteiger partial charge >= 0.3 is 0 Å². The quantitative estimate of drug-likeness (QED) is 0.192. The Kier molecular flexibility index (Phi) is 8.59. The number of pyridine rings is 1. The van der Waals surface area contributed by atoms with Crippen molar-refractivity contribution in [3.8, 4) is 33.8 Å². The van der Waals surface area contributed by atoms with E-state index in [-0.39, 0.29) is 0 Å². The Balaban J connectivity index is 0.000000880. The minimum Gasteiger partial charge on any atom is -0.309 e. The van der Waals surface area contributed by atoms with Gasteiger partial charge in [-0.2, -0.15) is 0 Å². The Hall–Kier alpha value is -5.93. The van der Waals surface area contributed by atoms with Gasteiger partial charge in [-0.3, -0.25) is 4.98 Å². The fourth-order valence-corrected chi connectivity index (χ4v) is 6.79. The molecule has 48 heavy (non-hydrogen) atoms. The lowest BCUT2D eigenvalue weighted by atomic mass is 9.99. The van der Waals surface area contributed by atoms with Crippen LogP contribution in [0.3, 0.4) is 0 Å². The molecule has 3 heterocycles. The average Bonchev–Trinajstić information content (AvgIpc) is 3.70. The van der Waals surface area contributed by atoms with E-state index in [0.717, 1.165) is 22.6 Å². The molecular formula is C45H39N3. The summed E-state index contributed by atoms with van der Waals surface area (Å²) < 4.78 is 4.78. The third-order valence-corrected chi connectivity index (χ3v) is 8.76. The number of para-hydroxylation sites is 3. The summed E-state index contributed by atoms with van der Waals surface area (Å²) in [5, 5.41) is 5.02. The van der Waals surface area contributed by atoms with Crippen molar-refractivity contribution in [3.63, 3.8) is 0 Å². The van der Waals surface area contributed by atoms with Crippen LogP contribution in [-0.4, -0.2) is 14.1 Å². The zero-order valence-electron chi connectivity index (χ0n) is 27.9. The molecule has 6 aromatic carbocycles. The van der Waals surface area contributed by atoms with Crippen LogP contribution < -0.4 is 0 Å². The molecule has 0 atom stereocenters. The van der Waals surface area contributed by atoms with E-state index < -0.39 is 0 Å². The van der Waals surface area contributed by atoms with Gasteiger partial charge < -0.3 is 9.13 Å². The number of hydrogen-bond acceptors (Lipinski definition) is 1. The molecule has 0 spiro atoms. The van der Waals surface area contributed by atoms with E-state index in [4.69, 9.17) is 0 Å². The molecule has 0 saturated carbocycles. The summed E-state index contributed by atoms with van der Waals surface area (Å²) in [7, 11) is 0. The van der Waals surface area contributed by atoms with Crippen LogP contribution in [0.25, 0.3) is 77.4 Å². The van der Waals surface area contributed by atoms with E-state index in [1.807, 2.05) is 46.0 Å². The highest BCUT2D eigenvalue weighted by Crippen LogP contribution is 2.37. The molecule has 3 aromatic heterocycles. The molecule has 3 heteroatoms. The normalized spacial score (nSPS) is 10.9. The maximum atomic E-state index is 4.57. The van der Waals surface area contributed by atoms with Crippen molar-refractivity contribution in [2.24, 2.45) is 0 Å². The maximum absolute atomic E-state index is 4.57. The lowest BCUT2D eigenvalue weighted by Gasteiger charge is -2.13. The SMILES string of the molecule is CC.CC.c1ccc(-c2cccc(-c3ccc4c(c3)c3ccccc3n4-c3cccc(-n4c5ccccc5c5ccccc54)c3)c2)nc1. The fraction of sp³-hybridized carbons (Fsp3) is 0.0889. The van der Waals surface area contributed by atoms with E-state index in [0.29, 0.717) is 0 Å². The molecule has 0 fully saturated rings. The molecule has 0 aliphatic rings. The second-order valence-corrected chi connectivity index (χ2v) is 11.3. The molecule has 0 unspecified atom stereocenters. The van der Waals surface area contributed by atoms with E-state index in [2.05, 4.69) is 160 Å². The van der Waals surface area contributed by atoms with E-state index in [1.165, 1.54) is 54.7 Å². The molecule has 0 amide bonds. The van der Waals surface area contributed by atoms with E-state index in [9.17, 15) is 0 Å². The highest BCUT2D eigenvalue weighted by atomic mass is 15.0. The van der Waals surface area contributed by atoms with Crippen LogP contribution in [-0.2, 0) is 0 Å². The van der Waals surface area contributed by atoms with Crippen LogP contribution >= 0.6 is 0 Å². The second-order valence-electron chi connectivity index (χ2n) is 11.3. The van der Waals surface area contributed by atoms with Gasteiger partial charge in [0.2, 0.25) is 0 Å². The summed E-state index contributed by atoms with van der Waals surface area (Å²) in [6.07, 6.45) is 1.85. The zero-order valence-corrected chi connectivity index (χ0v) is 27.9. The zero-order chi connectivity index (χ0) is 33.0. The molecule has 234 valence electrons. The summed E-state index contributed by atoms with van der Waals surface area (Å²) in [6.45, 7) is 8.00. The smallest absolute Gasteiger partial charge is 0.0702 e. The molecule has 0 saturated heterocycles. The first-order chi connectivity index (χ1) is 23.8. The largest absolute Gasteiger partial charge is 0.309 e. The number of aromatic nitrogens is 3. The van der Waals surface area contributed by atoms with Crippen LogP contribution in [0.15, 0.2) is 164 Å². The van der Waals surface area contributed by atoms with Crippen molar-refractivity contribution in [2.75, 3.05) is 0 Å². The van der Waals surface area contributed by atoms with Crippen molar-refractivity contribution >= 4 is 43.6 Å². The van der Waals surface area contributed by atoms with Crippen LogP contribution in [0.2, 0.25) is 0 Å². The Morgan fingerprint density at radius 1 is 0.354 bits per heavy atom. The Morgan fingerprint density at radius 3 is 1.42 bits per heavy atom. The molecule has 9 rings (SSSR count). The highest BCUT2D eigenvalue weighted by molar-refractivity contribution is 6.11. The first-order valence-corrected chi connectivity index (χ1v) is 17.0. The second kappa shape index (κ2) is 13.4. The van der Waals surface area contributed by atoms with Gasteiger partial charge in [0.15, 0.2) is 0 Å². The Labute approximate surface area is 282 Å². The third kappa shape index (κ3) is 5.24. The molecule has 0 radical (unpaired) electrons. The first kappa shape index (κ1) is 30.7. The molecule has 0 N–H and O–H groups in total. The number of rotatable bonds is 4. The van der Waals surface area contributed by atoms with Crippen LogP contribution in [0.1, 0.15) is 27.7 Å². The monoisotopic (exact) mass is 621 g/mol. The van der Waals surface area contributed by atoms with Gasteiger partial charge in [-0.15, -0.1) is 0 Å². The van der Waals surface area contributed by atoms with E-state index >= 15 is 0 Å². The number of fused-ring (bicyclic) bond motifs is 6. The van der Waals surface area contributed by atoms with Gasteiger partial charge in [0, 0.05) is 44.7 Å². The predicted octanol–water partition coefficient (Wildman–Crippen LogP) is 12.7. The summed E-state index contributed by atoms with van der Waals surface area (Å²) in [4.78, 5) is 4.57. The minimum atomic E-state index is 0.982. The number of hydrogen-bond donors (Lipinski definition) is 0. The lowest BCUT2D eigenvalue weighted by Crippen LogP contribution is -1.98. The van der Waals surface area contributed by atoms with Gasteiger partial charge in [0.1, 0.15) is 0 Å². The Morgan fingerprint density at radius 2 is 0.833 bits per heavy atom. The van der Waals surface area contributed by atoms with Crippen molar-refractivity contribution in [3.05, 3.63) is 164 Å². The number of benzene rings is 6. The summed E-state index contributed by atoms with van der Waals surface area (Å²) >= 11 is 0. The average molecular weight is 622 g/mol. The lowest BCUT2D eigenvalue weighted by molar-refractivity contribution is 1.13. The van der Waals surface area contributed by atoms with Crippen LogP contribution in [0, 0.1) is 0 Å². The van der Waals surface area contributed by atoms with Crippen molar-refractivity contribution in [1.29, 1.82) is 0 Å². The van der Waals surface area contributed by atoms with Crippen LogP contribution in [0.4, 0.5) is 0 Å². The Bertz CT molecular complexity index is 2450. The van der Waals surface area contributed by atoms with Gasteiger partial charge in [-0.25, -0.2) is 0 Å². The predicted molar refractivity (Wildman–Crippen MR) is 206 cm³/mol. The minimum absolute atomic E-state index is 0.982. The molecule has 0 aliphatic carbocycles. The summed E-state index contributed by atoms with van der Waals surface area (Å²) in [5.74, 6) is 0. The van der Waals surface area contributed by atoms with Gasteiger partial charge in [0.05, 0.1) is 27.8 Å². The molecule has 0 aliphatic heterocycles. The van der Waals surface area contributed by atoms with Crippen molar-refractivity contribution in [2.45, 2.75) is 27.7 Å². The number of nitrogens with zero attached hydrogens (tertiary/aromatic N) is 3. The van der Waals surface area contributed by atoms with Gasteiger partial charge in [-0.1, -0.05) is 119 Å². The third-order valence-electron chi connectivity index (χ3n) is 8.76.